The van der Waals surface area contributed by atoms with E-state index >= 15 is 0 Å². The lowest BCUT2D eigenvalue weighted by molar-refractivity contribution is 0.0731. The number of phenols is 1. The van der Waals surface area contributed by atoms with E-state index in [4.69, 9.17) is 4.74 Å². The molecule has 2 rings (SSSR count). The van der Waals surface area contributed by atoms with E-state index in [9.17, 15) is 9.90 Å². The van der Waals surface area contributed by atoms with Crippen LogP contribution in [-0.4, -0.2) is 11.1 Å². The van der Waals surface area contributed by atoms with E-state index in [-0.39, 0.29) is 11.3 Å². The second kappa shape index (κ2) is 6.05. The number of aryl methyl sites for hydroxylation is 1. The minimum atomic E-state index is -0.540. The highest BCUT2D eigenvalue weighted by atomic mass is 16.5. The second-order valence-corrected chi connectivity index (χ2v) is 4.30. The predicted octanol–water partition coefficient (Wildman–Crippen LogP) is 3.56. The highest BCUT2D eigenvalue weighted by Crippen LogP contribution is 2.21. The van der Waals surface area contributed by atoms with Crippen molar-refractivity contribution < 1.29 is 14.6 Å². The summed E-state index contributed by atoms with van der Waals surface area (Å²) < 4.78 is 5.22. The van der Waals surface area contributed by atoms with Gasteiger partial charge in [-0.05, 0) is 36.2 Å². The van der Waals surface area contributed by atoms with Crippen LogP contribution in [0.4, 0.5) is 0 Å². The third kappa shape index (κ3) is 3.35. The monoisotopic (exact) mass is 256 g/mol. The summed E-state index contributed by atoms with van der Waals surface area (Å²) in [7, 11) is 0. The quantitative estimate of drug-likeness (QED) is 0.672. The first-order valence-corrected chi connectivity index (χ1v) is 6.30. The Morgan fingerprint density at radius 1 is 1.16 bits per heavy atom. The van der Waals surface area contributed by atoms with E-state index < -0.39 is 5.97 Å². The molecule has 3 heteroatoms. The maximum absolute atomic E-state index is 12.0. The van der Waals surface area contributed by atoms with Gasteiger partial charge in [-0.1, -0.05) is 37.6 Å². The number of benzene rings is 2. The van der Waals surface area contributed by atoms with Gasteiger partial charge in [0, 0.05) is 0 Å². The molecule has 0 radical (unpaired) electrons. The number of hydrogen-bond donors (Lipinski definition) is 1. The first-order valence-electron chi connectivity index (χ1n) is 6.30. The van der Waals surface area contributed by atoms with E-state index in [1.807, 2.05) is 12.1 Å². The van der Waals surface area contributed by atoms with Crippen LogP contribution in [-0.2, 0) is 6.42 Å². The summed E-state index contributed by atoms with van der Waals surface area (Å²) in [4.78, 5) is 12.0. The molecule has 0 heterocycles. The van der Waals surface area contributed by atoms with Crippen molar-refractivity contribution in [3.63, 3.8) is 0 Å². The number of carbonyl (C=O) groups is 1. The van der Waals surface area contributed by atoms with Gasteiger partial charge in [0.15, 0.2) is 0 Å². The fourth-order valence-corrected chi connectivity index (χ4v) is 1.84. The summed E-state index contributed by atoms with van der Waals surface area (Å²) in [5.74, 6) is -0.129. The van der Waals surface area contributed by atoms with E-state index in [0.717, 1.165) is 18.4 Å². The van der Waals surface area contributed by atoms with Crippen molar-refractivity contribution in [3.05, 3.63) is 59.7 Å². The van der Waals surface area contributed by atoms with Gasteiger partial charge in [-0.2, -0.15) is 0 Å². The van der Waals surface area contributed by atoms with Crippen LogP contribution < -0.4 is 4.74 Å². The summed E-state index contributed by atoms with van der Waals surface area (Å²) in [6.07, 6.45) is 1.85. The van der Waals surface area contributed by atoms with Crippen molar-refractivity contribution >= 4 is 5.97 Å². The van der Waals surface area contributed by atoms with Crippen LogP contribution in [0.5, 0.6) is 11.5 Å². The molecule has 0 aliphatic heterocycles. The molecule has 0 saturated heterocycles. The molecule has 0 fully saturated rings. The SMILES string of the molecule is CCCc1ccc(O)c(C(=O)Oc2ccccc2)c1. The first-order chi connectivity index (χ1) is 9.20. The number of carbonyl (C=O) groups excluding carboxylic acids is 1. The molecule has 2 aromatic rings. The van der Waals surface area contributed by atoms with E-state index in [0.29, 0.717) is 5.75 Å². The molecule has 0 amide bonds. The lowest BCUT2D eigenvalue weighted by Crippen LogP contribution is -2.09. The standard InChI is InChI=1S/C16H16O3/c1-2-6-12-9-10-15(17)14(11-12)16(18)19-13-7-4-3-5-8-13/h3-5,7-11,17H,2,6H2,1H3. The molecule has 0 aliphatic rings. The van der Waals surface area contributed by atoms with Gasteiger partial charge < -0.3 is 9.84 Å². The Kier molecular flexibility index (Phi) is 4.18. The lowest BCUT2D eigenvalue weighted by atomic mass is 10.1. The van der Waals surface area contributed by atoms with Crippen molar-refractivity contribution in [1.82, 2.24) is 0 Å². The van der Waals surface area contributed by atoms with Crippen LogP contribution in [0.25, 0.3) is 0 Å². The number of para-hydroxylation sites is 1. The van der Waals surface area contributed by atoms with Gasteiger partial charge in [0.05, 0.1) is 0 Å². The third-order valence-corrected chi connectivity index (χ3v) is 2.77. The zero-order valence-electron chi connectivity index (χ0n) is 10.8. The van der Waals surface area contributed by atoms with Crippen LogP contribution in [0.15, 0.2) is 48.5 Å². The average Bonchev–Trinajstić information content (AvgIpc) is 2.42. The summed E-state index contributed by atoms with van der Waals surface area (Å²) in [5, 5.41) is 9.75. The zero-order valence-corrected chi connectivity index (χ0v) is 10.8. The molecule has 2 aromatic carbocycles. The summed E-state index contributed by atoms with van der Waals surface area (Å²) in [6, 6.07) is 13.9. The summed E-state index contributed by atoms with van der Waals surface area (Å²) in [5.41, 5.74) is 1.22. The average molecular weight is 256 g/mol. The maximum atomic E-state index is 12.0. The number of aromatic hydroxyl groups is 1. The molecule has 0 aliphatic carbocycles. The molecule has 0 spiro atoms. The Morgan fingerprint density at radius 2 is 1.89 bits per heavy atom. The lowest BCUT2D eigenvalue weighted by Gasteiger charge is -2.07. The van der Waals surface area contributed by atoms with Crippen LogP contribution in [0.2, 0.25) is 0 Å². The van der Waals surface area contributed by atoms with Crippen molar-refractivity contribution in [3.8, 4) is 11.5 Å². The molecule has 0 unspecified atom stereocenters. The Morgan fingerprint density at radius 3 is 2.58 bits per heavy atom. The highest BCUT2D eigenvalue weighted by Gasteiger charge is 2.14. The van der Waals surface area contributed by atoms with Crippen molar-refractivity contribution in [1.29, 1.82) is 0 Å². The van der Waals surface area contributed by atoms with E-state index in [1.165, 1.54) is 6.07 Å². The van der Waals surface area contributed by atoms with E-state index in [1.54, 1.807) is 30.3 Å². The van der Waals surface area contributed by atoms with Crippen molar-refractivity contribution in [2.24, 2.45) is 0 Å². The molecular formula is C16H16O3. The Labute approximate surface area is 112 Å². The molecule has 0 saturated carbocycles. The first kappa shape index (κ1) is 13.1. The number of ether oxygens (including phenoxy) is 1. The molecule has 1 N–H and O–H groups in total. The smallest absolute Gasteiger partial charge is 0.347 e. The summed E-state index contributed by atoms with van der Waals surface area (Å²) in [6.45, 7) is 2.06. The van der Waals surface area contributed by atoms with Gasteiger partial charge in [0.2, 0.25) is 0 Å². The molecule has 98 valence electrons. The van der Waals surface area contributed by atoms with Crippen molar-refractivity contribution in [2.75, 3.05) is 0 Å². The number of hydrogen-bond acceptors (Lipinski definition) is 3. The number of esters is 1. The number of phenolic OH excluding ortho intramolecular Hbond substituents is 1. The molecule has 19 heavy (non-hydrogen) atoms. The Balaban J connectivity index is 2.21. The molecule has 0 aromatic heterocycles. The van der Waals surface area contributed by atoms with Gasteiger partial charge in [0.1, 0.15) is 17.1 Å². The van der Waals surface area contributed by atoms with Crippen LogP contribution >= 0.6 is 0 Å². The second-order valence-electron chi connectivity index (χ2n) is 4.30. The van der Waals surface area contributed by atoms with Gasteiger partial charge in [-0.15, -0.1) is 0 Å². The molecular weight excluding hydrogens is 240 g/mol. The summed E-state index contributed by atoms with van der Waals surface area (Å²) >= 11 is 0. The Bertz CT molecular complexity index is 561. The zero-order chi connectivity index (χ0) is 13.7. The van der Waals surface area contributed by atoms with E-state index in [2.05, 4.69) is 6.92 Å². The van der Waals surface area contributed by atoms with Gasteiger partial charge >= 0.3 is 5.97 Å². The molecule has 3 nitrogen and oxygen atoms in total. The number of rotatable bonds is 4. The van der Waals surface area contributed by atoms with Crippen LogP contribution in [0, 0.1) is 0 Å². The Hall–Kier alpha value is -2.29. The van der Waals surface area contributed by atoms with Gasteiger partial charge in [-0.3, -0.25) is 0 Å². The largest absolute Gasteiger partial charge is 0.507 e. The van der Waals surface area contributed by atoms with Crippen LogP contribution in [0.3, 0.4) is 0 Å². The predicted molar refractivity (Wildman–Crippen MR) is 73.5 cm³/mol. The van der Waals surface area contributed by atoms with Gasteiger partial charge in [-0.25, -0.2) is 4.79 Å². The van der Waals surface area contributed by atoms with Crippen LogP contribution in [0.1, 0.15) is 29.3 Å². The van der Waals surface area contributed by atoms with Crippen molar-refractivity contribution in [2.45, 2.75) is 19.8 Å². The fourth-order valence-electron chi connectivity index (χ4n) is 1.84. The normalized spacial score (nSPS) is 10.2. The highest BCUT2D eigenvalue weighted by molar-refractivity contribution is 5.94. The fraction of sp³-hybridized carbons (Fsp3) is 0.188. The topological polar surface area (TPSA) is 46.5 Å². The molecule has 0 atom stereocenters. The minimum absolute atomic E-state index is 0.0548. The third-order valence-electron chi connectivity index (χ3n) is 2.77. The molecule has 0 bridgehead atoms. The maximum Gasteiger partial charge on any atom is 0.347 e. The van der Waals surface area contributed by atoms with Gasteiger partial charge in [0.25, 0.3) is 0 Å². The minimum Gasteiger partial charge on any atom is -0.507 e.